The zero-order valence-electron chi connectivity index (χ0n) is 7.32. The molecule has 5 nitrogen and oxygen atoms in total. The quantitative estimate of drug-likeness (QED) is 0.187. The first kappa shape index (κ1) is 11.3. The van der Waals surface area contributed by atoms with Crippen LogP contribution >= 0.6 is 0 Å². The maximum absolute atomic E-state index is 8.50. The number of nitrogens with one attached hydrogen (secondary N) is 1. The molecule has 12 heavy (non-hydrogen) atoms. The van der Waals surface area contributed by atoms with Crippen molar-refractivity contribution in [3.05, 3.63) is 0 Å². The summed E-state index contributed by atoms with van der Waals surface area (Å²) in [6, 6.07) is 0. The molecule has 0 rings (SSSR count). The predicted molar refractivity (Wildman–Crippen MR) is 48.8 cm³/mol. The molecule has 0 aromatic rings. The Bertz CT molecular complexity index is 143. The van der Waals surface area contributed by atoms with E-state index in [4.69, 9.17) is 21.2 Å². The summed E-state index contributed by atoms with van der Waals surface area (Å²) in [6.07, 6.45) is 1.93. The summed E-state index contributed by atoms with van der Waals surface area (Å²) in [5, 5.41) is 24.0. The van der Waals surface area contributed by atoms with Gasteiger partial charge in [0.05, 0.1) is 0 Å². The van der Waals surface area contributed by atoms with Crippen LogP contribution in [0, 0.1) is 5.41 Å². The first-order valence-corrected chi connectivity index (χ1v) is 3.95. The highest BCUT2D eigenvalue weighted by atomic mass is 16.4. The Morgan fingerprint density at radius 3 is 2.50 bits per heavy atom. The van der Waals surface area contributed by atoms with Crippen LogP contribution in [0.5, 0.6) is 0 Å². The standard InChI is InChI=1S/C6H16BN3O2/c1-10(6(8)9)5-3-2-4-7(11)12/h11-12H,2-5H2,1H3,(H3,8,9). The van der Waals surface area contributed by atoms with Crippen LogP contribution in [-0.2, 0) is 0 Å². The van der Waals surface area contributed by atoms with E-state index in [0.29, 0.717) is 12.9 Å². The van der Waals surface area contributed by atoms with Crippen molar-refractivity contribution in [3.8, 4) is 0 Å². The van der Waals surface area contributed by atoms with Crippen LogP contribution in [0.2, 0.25) is 6.32 Å². The van der Waals surface area contributed by atoms with Gasteiger partial charge in [0, 0.05) is 13.6 Å². The van der Waals surface area contributed by atoms with Crippen LogP contribution in [0.4, 0.5) is 0 Å². The number of rotatable bonds is 5. The number of nitrogens with two attached hydrogens (primary N) is 1. The molecule has 0 unspecified atom stereocenters. The van der Waals surface area contributed by atoms with Crippen LogP contribution in [0.1, 0.15) is 12.8 Å². The monoisotopic (exact) mass is 173 g/mol. The summed E-state index contributed by atoms with van der Waals surface area (Å²) >= 11 is 0. The molecule has 0 bridgehead atoms. The Labute approximate surface area is 72.8 Å². The number of guanidine groups is 1. The van der Waals surface area contributed by atoms with E-state index in [0.717, 1.165) is 12.8 Å². The third-order valence-electron chi connectivity index (χ3n) is 1.62. The summed E-state index contributed by atoms with van der Waals surface area (Å²) in [6.45, 7) is 0.683. The van der Waals surface area contributed by atoms with Crippen molar-refractivity contribution in [1.82, 2.24) is 4.90 Å². The van der Waals surface area contributed by atoms with E-state index in [1.54, 1.807) is 11.9 Å². The van der Waals surface area contributed by atoms with Crippen LogP contribution in [0.3, 0.4) is 0 Å². The minimum Gasteiger partial charge on any atom is -0.427 e. The van der Waals surface area contributed by atoms with Crippen molar-refractivity contribution in [2.75, 3.05) is 13.6 Å². The van der Waals surface area contributed by atoms with Crippen LogP contribution in [0.25, 0.3) is 0 Å². The van der Waals surface area contributed by atoms with Gasteiger partial charge in [0.25, 0.3) is 0 Å². The minimum atomic E-state index is -1.22. The van der Waals surface area contributed by atoms with Gasteiger partial charge in [-0.05, 0) is 12.7 Å². The fourth-order valence-corrected chi connectivity index (χ4v) is 0.796. The molecule has 5 N–H and O–H groups in total. The van der Waals surface area contributed by atoms with Crippen molar-refractivity contribution >= 4 is 13.1 Å². The zero-order chi connectivity index (χ0) is 9.56. The lowest BCUT2D eigenvalue weighted by Crippen LogP contribution is -2.33. The van der Waals surface area contributed by atoms with Gasteiger partial charge in [-0.3, -0.25) is 5.41 Å². The third-order valence-corrected chi connectivity index (χ3v) is 1.62. The highest BCUT2D eigenvalue weighted by Gasteiger charge is 2.05. The SMILES string of the molecule is CN(CCCCB(O)O)C(=N)N. The van der Waals surface area contributed by atoms with E-state index in [1.165, 1.54) is 0 Å². The molecule has 0 saturated carbocycles. The van der Waals surface area contributed by atoms with Crippen molar-refractivity contribution in [2.45, 2.75) is 19.2 Å². The highest BCUT2D eigenvalue weighted by Crippen LogP contribution is 1.98. The molecule has 0 amide bonds. The maximum Gasteiger partial charge on any atom is 0.451 e. The second-order valence-electron chi connectivity index (χ2n) is 2.78. The molecule has 70 valence electrons. The van der Waals surface area contributed by atoms with E-state index in [2.05, 4.69) is 0 Å². The summed E-state index contributed by atoms with van der Waals surface area (Å²) in [7, 11) is 0.519. The molecular weight excluding hydrogens is 157 g/mol. The van der Waals surface area contributed by atoms with Crippen molar-refractivity contribution in [1.29, 1.82) is 5.41 Å². The maximum atomic E-state index is 8.50. The Hall–Kier alpha value is -0.745. The Balaban J connectivity index is 3.25. The topological polar surface area (TPSA) is 93.6 Å². The van der Waals surface area contributed by atoms with Gasteiger partial charge in [0.2, 0.25) is 0 Å². The number of nitrogens with zero attached hydrogens (tertiary/aromatic N) is 1. The molecule has 0 atom stereocenters. The molecule has 0 radical (unpaired) electrons. The molecule has 0 fully saturated rings. The average Bonchev–Trinajstić information content (AvgIpc) is 1.97. The molecule has 0 aliphatic carbocycles. The average molecular weight is 173 g/mol. The Morgan fingerprint density at radius 1 is 1.50 bits per heavy atom. The molecule has 0 heterocycles. The lowest BCUT2D eigenvalue weighted by molar-refractivity contribution is 0.398. The van der Waals surface area contributed by atoms with Crippen LogP contribution in [0.15, 0.2) is 0 Å². The summed E-state index contributed by atoms with van der Waals surface area (Å²) in [5.74, 6) is 0.0412. The molecule has 0 aromatic heterocycles. The van der Waals surface area contributed by atoms with Crippen molar-refractivity contribution in [2.24, 2.45) is 5.73 Å². The third kappa shape index (κ3) is 6.00. The summed E-state index contributed by atoms with van der Waals surface area (Å²) < 4.78 is 0. The molecular formula is C6H16BN3O2. The van der Waals surface area contributed by atoms with Gasteiger partial charge in [0.15, 0.2) is 5.96 Å². The number of hydrogen-bond acceptors (Lipinski definition) is 3. The predicted octanol–water partition coefficient (Wildman–Crippen LogP) is -0.935. The van der Waals surface area contributed by atoms with E-state index >= 15 is 0 Å². The first-order chi connectivity index (χ1) is 5.54. The Kier molecular flexibility index (Phi) is 5.49. The van der Waals surface area contributed by atoms with Crippen molar-refractivity contribution < 1.29 is 10.0 Å². The van der Waals surface area contributed by atoms with Gasteiger partial charge in [-0.15, -0.1) is 0 Å². The summed E-state index contributed by atoms with van der Waals surface area (Å²) in [5.41, 5.74) is 5.19. The summed E-state index contributed by atoms with van der Waals surface area (Å²) in [4.78, 5) is 1.61. The van der Waals surface area contributed by atoms with Crippen LogP contribution in [-0.4, -0.2) is 41.6 Å². The van der Waals surface area contributed by atoms with Crippen molar-refractivity contribution in [3.63, 3.8) is 0 Å². The second kappa shape index (κ2) is 5.85. The molecule has 0 spiro atoms. The fraction of sp³-hybridized carbons (Fsp3) is 0.833. The first-order valence-electron chi connectivity index (χ1n) is 3.95. The van der Waals surface area contributed by atoms with Gasteiger partial charge in [-0.2, -0.15) is 0 Å². The fourth-order valence-electron chi connectivity index (χ4n) is 0.796. The number of unbranched alkanes of at least 4 members (excludes halogenated alkanes) is 1. The minimum absolute atomic E-state index is 0.0412. The van der Waals surface area contributed by atoms with Gasteiger partial charge in [-0.1, -0.05) is 6.42 Å². The Morgan fingerprint density at radius 2 is 2.08 bits per heavy atom. The van der Waals surface area contributed by atoms with E-state index in [-0.39, 0.29) is 5.96 Å². The largest absolute Gasteiger partial charge is 0.451 e. The van der Waals surface area contributed by atoms with E-state index < -0.39 is 7.12 Å². The molecule has 0 aliphatic rings. The normalized spacial score (nSPS) is 9.58. The smallest absolute Gasteiger partial charge is 0.427 e. The van der Waals surface area contributed by atoms with Gasteiger partial charge in [0.1, 0.15) is 0 Å². The molecule has 0 aromatic carbocycles. The van der Waals surface area contributed by atoms with Gasteiger partial charge >= 0.3 is 7.12 Å². The van der Waals surface area contributed by atoms with Gasteiger partial charge < -0.3 is 20.7 Å². The molecule has 0 saturated heterocycles. The lowest BCUT2D eigenvalue weighted by Gasteiger charge is -2.15. The number of hydrogen-bond donors (Lipinski definition) is 4. The van der Waals surface area contributed by atoms with E-state index in [9.17, 15) is 0 Å². The highest BCUT2D eigenvalue weighted by molar-refractivity contribution is 6.40. The van der Waals surface area contributed by atoms with E-state index in [1.807, 2.05) is 0 Å². The molecule has 6 heteroatoms. The van der Waals surface area contributed by atoms with Crippen LogP contribution < -0.4 is 5.73 Å². The zero-order valence-corrected chi connectivity index (χ0v) is 7.32. The van der Waals surface area contributed by atoms with Gasteiger partial charge in [-0.25, -0.2) is 0 Å². The second-order valence-corrected chi connectivity index (χ2v) is 2.78. The molecule has 0 aliphatic heterocycles. The lowest BCUT2D eigenvalue weighted by atomic mass is 9.84.